The average Bonchev–Trinajstić information content (AvgIpc) is 3.46. The van der Waals surface area contributed by atoms with Gasteiger partial charge in [-0.25, -0.2) is 0 Å². The summed E-state index contributed by atoms with van der Waals surface area (Å²) in [6.45, 7) is 10.3. The average molecular weight is 749 g/mol. The van der Waals surface area contributed by atoms with Crippen molar-refractivity contribution >= 4 is 66.2 Å². The largest absolute Gasteiger partial charge is 0.307 e. The van der Waals surface area contributed by atoms with E-state index in [0.717, 1.165) is 65.9 Å². The Morgan fingerprint density at radius 3 is 1.28 bits per heavy atom. The van der Waals surface area contributed by atoms with E-state index in [4.69, 9.17) is 0 Å². The molecule has 2 unspecified atom stereocenters. The first-order chi connectivity index (χ1) is 22.2. The van der Waals surface area contributed by atoms with Crippen LogP contribution in [0.2, 0.25) is 0 Å². The lowest BCUT2D eigenvalue weighted by molar-refractivity contribution is -0.114. The van der Waals surface area contributed by atoms with Crippen molar-refractivity contribution in [2.24, 2.45) is 11.8 Å². The van der Waals surface area contributed by atoms with E-state index in [1.807, 2.05) is 58.3 Å². The van der Waals surface area contributed by atoms with Crippen molar-refractivity contribution in [1.82, 2.24) is 0 Å². The third-order valence-electron chi connectivity index (χ3n) is 9.51. The van der Waals surface area contributed by atoms with E-state index in [-0.39, 0.29) is 11.8 Å². The molecule has 0 spiro atoms. The number of halogens is 2. The Morgan fingerprint density at radius 1 is 0.565 bits per heavy atom. The first-order valence-corrected chi connectivity index (χ1v) is 18.9. The Bertz CT molecular complexity index is 1540. The second-order valence-electron chi connectivity index (χ2n) is 13.4. The van der Waals surface area contributed by atoms with Gasteiger partial charge in [0.05, 0.1) is 22.5 Å². The molecule has 3 aromatic carbocycles. The van der Waals surface area contributed by atoms with Crippen molar-refractivity contribution in [3.05, 3.63) is 91.2 Å². The fourth-order valence-corrected chi connectivity index (χ4v) is 7.47. The summed E-state index contributed by atoms with van der Waals surface area (Å²) < 4.78 is 1.96. The van der Waals surface area contributed by atoms with Crippen LogP contribution in [0, 0.1) is 11.8 Å². The molecule has 244 valence electrons. The molecule has 2 aliphatic rings. The van der Waals surface area contributed by atoms with Crippen molar-refractivity contribution in [2.75, 3.05) is 22.9 Å². The molecule has 2 aliphatic heterocycles. The summed E-state index contributed by atoms with van der Waals surface area (Å²) in [4.78, 5) is 32.7. The minimum Gasteiger partial charge on any atom is -0.307 e. The van der Waals surface area contributed by atoms with Crippen LogP contribution in [0.4, 0.5) is 11.4 Å². The van der Waals surface area contributed by atoms with Crippen LogP contribution in [0.1, 0.15) is 103 Å². The number of hydrogen-bond donors (Lipinski definition) is 0. The summed E-state index contributed by atoms with van der Waals surface area (Å²) in [5.74, 6) is 0.836. The fourth-order valence-electron chi connectivity index (χ4n) is 6.94. The van der Waals surface area contributed by atoms with Crippen LogP contribution in [0.25, 0.3) is 11.1 Å². The molecular weight excluding hydrogens is 700 g/mol. The highest BCUT2D eigenvalue weighted by Gasteiger charge is 2.36. The van der Waals surface area contributed by atoms with Crippen LogP contribution in [-0.2, 0) is 9.59 Å². The van der Waals surface area contributed by atoms with E-state index in [0.29, 0.717) is 24.9 Å². The molecule has 2 amide bonds. The lowest BCUT2D eigenvalue weighted by Gasteiger charge is -2.24. The topological polar surface area (TPSA) is 40.6 Å². The van der Waals surface area contributed by atoms with Gasteiger partial charge < -0.3 is 9.80 Å². The maximum Gasteiger partial charge on any atom is 0.259 e. The molecule has 2 heterocycles. The van der Waals surface area contributed by atoms with Gasteiger partial charge in [-0.15, -0.1) is 0 Å². The van der Waals surface area contributed by atoms with Gasteiger partial charge in [0.2, 0.25) is 0 Å². The first-order valence-electron chi connectivity index (χ1n) is 17.3. The van der Waals surface area contributed by atoms with Crippen molar-refractivity contribution in [1.29, 1.82) is 0 Å². The SMILES string of the molecule is CCCCCCC(C)CN1C(=O)C(c2ccc(Br)cc2)=c2cc3c(cc21)=C(c1ccc(Br)cc1)C(=O)N3CC(C)CCCCCC. The Balaban J connectivity index is 1.62. The van der Waals surface area contributed by atoms with Crippen LogP contribution in [0.15, 0.2) is 69.6 Å². The predicted molar refractivity (Wildman–Crippen MR) is 200 cm³/mol. The molecule has 4 nitrogen and oxygen atoms in total. The van der Waals surface area contributed by atoms with Crippen molar-refractivity contribution in [2.45, 2.75) is 91.9 Å². The number of amides is 2. The molecule has 0 aromatic heterocycles. The molecule has 5 rings (SSSR count). The molecular formula is C40H48Br2N2O2. The van der Waals surface area contributed by atoms with E-state index in [1.165, 1.54) is 51.4 Å². The second-order valence-corrected chi connectivity index (χ2v) is 15.2. The summed E-state index contributed by atoms with van der Waals surface area (Å²) >= 11 is 7.13. The van der Waals surface area contributed by atoms with Gasteiger partial charge in [-0.05, 0) is 72.2 Å². The third kappa shape index (κ3) is 7.71. The summed E-state index contributed by atoms with van der Waals surface area (Å²) in [6, 6.07) is 20.3. The number of anilines is 2. The van der Waals surface area contributed by atoms with Gasteiger partial charge in [0.25, 0.3) is 11.8 Å². The van der Waals surface area contributed by atoms with Crippen molar-refractivity contribution < 1.29 is 9.59 Å². The van der Waals surface area contributed by atoms with Crippen molar-refractivity contribution in [3.63, 3.8) is 0 Å². The molecule has 0 saturated heterocycles. The Morgan fingerprint density at radius 2 is 0.935 bits per heavy atom. The van der Waals surface area contributed by atoms with Crippen molar-refractivity contribution in [3.8, 4) is 0 Å². The maximum absolute atomic E-state index is 14.4. The van der Waals surface area contributed by atoms with E-state index in [9.17, 15) is 9.59 Å². The molecule has 2 atom stereocenters. The molecule has 0 radical (unpaired) electrons. The van der Waals surface area contributed by atoms with E-state index >= 15 is 0 Å². The fraction of sp³-hybridized carbons (Fsp3) is 0.450. The number of unbranched alkanes of at least 4 members (excludes halogenated alkanes) is 6. The lowest BCUT2D eigenvalue weighted by Crippen LogP contribution is -2.34. The Labute approximate surface area is 292 Å². The first kappa shape index (κ1) is 34.6. The van der Waals surface area contributed by atoms with E-state index in [2.05, 4.69) is 71.7 Å². The molecule has 0 aliphatic carbocycles. The number of hydrogen-bond acceptors (Lipinski definition) is 2. The van der Waals surface area contributed by atoms with Gasteiger partial charge in [-0.3, -0.25) is 9.59 Å². The van der Waals surface area contributed by atoms with Crippen LogP contribution in [0.3, 0.4) is 0 Å². The number of carbonyl (C=O) groups is 2. The van der Waals surface area contributed by atoms with Crippen LogP contribution in [-0.4, -0.2) is 24.9 Å². The zero-order chi connectivity index (χ0) is 32.8. The smallest absolute Gasteiger partial charge is 0.259 e. The van der Waals surface area contributed by atoms with E-state index < -0.39 is 0 Å². The molecule has 6 heteroatoms. The Kier molecular flexibility index (Phi) is 12.0. The molecule has 3 aromatic rings. The molecule has 46 heavy (non-hydrogen) atoms. The summed E-state index contributed by atoms with van der Waals surface area (Å²) in [7, 11) is 0. The van der Waals surface area contributed by atoms with Crippen LogP contribution >= 0.6 is 31.9 Å². The molecule has 0 fully saturated rings. The van der Waals surface area contributed by atoms with Gasteiger partial charge in [0, 0.05) is 32.5 Å². The second kappa shape index (κ2) is 15.9. The third-order valence-corrected chi connectivity index (χ3v) is 10.6. The quantitative estimate of drug-likeness (QED) is 0.137. The molecule has 0 bridgehead atoms. The summed E-state index contributed by atoms with van der Waals surface area (Å²) in [5.41, 5.74) is 5.09. The van der Waals surface area contributed by atoms with Gasteiger partial charge in [-0.1, -0.05) is 135 Å². The lowest BCUT2D eigenvalue weighted by atomic mass is 10.0. The molecule has 0 N–H and O–H groups in total. The number of fused-ring (bicyclic) bond motifs is 2. The number of nitrogens with zero attached hydrogens (tertiary/aromatic N) is 2. The summed E-state index contributed by atoms with van der Waals surface area (Å²) in [5, 5.41) is 1.85. The van der Waals surface area contributed by atoms with Gasteiger partial charge >= 0.3 is 0 Å². The maximum atomic E-state index is 14.4. The normalized spacial score (nSPS) is 15.5. The monoisotopic (exact) mass is 746 g/mol. The number of benzene rings is 3. The van der Waals surface area contributed by atoms with Gasteiger partial charge in [0.15, 0.2) is 0 Å². The zero-order valence-electron chi connectivity index (χ0n) is 27.9. The van der Waals surface area contributed by atoms with Gasteiger partial charge in [0.1, 0.15) is 0 Å². The van der Waals surface area contributed by atoms with Crippen LogP contribution < -0.4 is 20.2 Å². The predicted octanol–water partition coefficient (Wildman–Crippen LogP) is 9.52. The number of carbonyl (C=O) groups excluding carboxylic acids is 2. The van der Waals surface area contributed by atoms with E-state index in [1.54, 1.807) is 0 Å². The minimum absolute atomic E-state index is 0.0498. The Hall–Kier alpha value is -2.70. The van der Waals surface area contributed by atoms with Crippen LogP contribution in [0.5, 0.6) is 0 Å². The minimum atomic E-state index is 0.0498. The highest BCUT2D eigenvalue weighted by atomic mass is 79.9. The zero-order valence-corrected chi connectivity index (χ0v) is 31.1. The standard InChI is InChI=1S/C40H48Br2N2O2/c1-5-7-9-11-13-27(3)25-43-35-23-34-36(24-33(35)37(39(43)45)29-15-19-31(41)20-16-29)44(26-28(4)14-12-10-8-6-2)40(46)38(34)30-17-21-32(42)22-18-30/h15-24,27-28H,5-14,25-26H2,1-4H3. The summed E-state index contributed by atoms with van der Waals surface area (Å²) in [6.07, 6.45) is 11.9. The highest BCUT2D eigenvalue weighted by molar-refractivity contribution is 9.10. The van der Waals surface area contributed by atoms with Gasteiger partial charge in [-0.2, -0.15) is 0 Å². The highest BCUT2D eigenvalue weighted by Crippen LogP contribution is 2.33. The molecule has 0 saturated carbocycles. The number of rotatable bonds is 16.